The molecule has 0 radical (unpaired) electrons. The predicted molar refractivity (Wildman–Crippen MR) is 62.3 cm³/mol. The molecule has 0 rings (SSSR count). The molecule has 0 aromatic heterocycles. The van der Waals surface area contributed by atoms with Crippen LogP contribution >= 0.6 is 0 Å². The van der Waals surface area contributed by atoms with Crippen LogP contribution in [0.25, 0.3) is 0 Å². The summed E-state index contributed by atoms with van der Waals surface area (Å²) < 4.78 is 0. The zero-order valence-electron chi connectivity index (χ0n) is 9.75. The van der Waals surface area contributed by atoms with Crippen LogP contribution in [-0.4, -0.2) is 24.3 Å². The van der Waals surface area contributed by atoms with Crippen LogP contribution in [0.5, 0.6) is 0 Å². The normalized spacial score (nSPS) is 15.5. The van der Waals surface area contributed by atoms with Crippen LogP contribution in [-0.2, 0) is 0 Å². The van der Waals surface area contributed by atoms with E-state index in [1.807, 2.05) is 19.2 Å². The van der Waals surface area contributed by atoms with Gasteiger partial charge >= 0.3 is 0 Å². The summed E-state index contributed by atoms with van der Waals surface area (Å²) in [4.78, 5) is 0. The molecule has 0 heterocycles. The van der Waals surface area contributed by atoms with E-state index in [2.05, 4.69) is 38.2 Å². The molecule has 82 valence electrons. The number of hydrogen-bond acceptors (Lipinski definition) is 2. The minimum atomic E-state index is 0.0462. The molecule has 0 saturated carbocycles. The van der Waals surface area contributed by atoms with Crippen LogP contribution in [0.1, 0.15) is 27.2 Å². The average molecular weight is 197 g/mol. The largest absolute Gasteiger partial charge is 0.396 e. The van der Waals surface area contributed by atoms with Crippen molar-refractivity contribution < 1.29 is 5.11 Å². The monoisotopic (exact) mass is 197 g/mol. The van der Waals surface area contributed by atoms with Gasteiger partial charge in [-0.15, -0.1) is 0 Å². The van der Waals surface area contributed by atoms with Crippen molar-refractivity contribution in [3.8, 4) is 0 Å². The van der Waals surface area contributed by atoms with Crippen molar-refractivity contribution in [3.63, 3.8) is 0 Å². The zero-order valence-corrected chi connectivity index (χ0v) is 9.75. The van der Waals surface area contributed by atoms with Gasteiger partial charge in [0.25, 0.3) is 0 Å². The standard InChI is InChI=1S/C12H23NO/c1-11(8-10-14)7-5-6-9-12(2,3)13-4/h5-7,9,11,13-14H,8,10H2,1-4H3/b7-5-,9-6-. The molecule has 0 aromatic carbocycles. The number of allylic oxidation sites excluding steroid dienone is 3. The molecular formula is C12H23NO. The topological polar surface area (TPSA) is 32.3 Å². The van der Waals surface area contributed by atoms with Gasteiger partial charge in [0.05, 0.1) is 0 Å². The van der Waals surface area contributed by atoms with E-state index >= 15 is 0 Å². The highest BCUT2D eigenvalue weighted by molar-refractivity contribution is 5.10. The van der Waals surface area contributed by atoms with Gasteiger partial charge in [-0.05, 0) is 33.2 Å². The van der Waals surface area contributed by atoms with Crippen molar-refractivity contribution in [1.29, 1.82) is 0 Å². The first-order valence-corrected chi connectivity index (χ1v) is 5.17. The number of aliphatic hydroxyl groups excluding tert-OH is 1. The SMILES string of the molecule is CNC(C)(C)/C=C\C=C/C(C)CCO. The predicted octanol–water partition coefficient (Wildman–Crippen LogP) is 2.12. The summed E-state index contributed by atoms with van der Waals surface area (Å²) >= 11 is 0. The second-order valence-electron chi connectivity index (χ2n) is 4.21. The Morgan fingerprint density at radius 2 is 2.00 bits per heavy atom. The number of likely N-dealkylation sites (N-methyl/N-ethyl adjacent to an activating group) is 1. The second-order valence-corrected chi connectivity index (χ2v) is 4.21. The van der Waals surface area contributed by atoms with Crippen LogP contribution < -0.4 is 5.32 Å². The van der Waals surface area contributed by atoms with E-state index in [-0.39, 0.29) is 12.1 Å². The van der Waals surface area contributed by atoms with Crippen LogP contribution in [0, 0.1) is 5.92 Å². The van der Waals surface area contributed by atoms with Crippen molar-refractivity contribution in [2.75, 3.05) is 13.7 Å². The fraction of sp³-hybridized carbons (Fsp3) is 0.667. The highest BCUT2D eigenvalue weighted by atomic mass is 16.2. The van der Waals surface area contributed by atoms with Crippen molar-refractivity contribution in [3.05, 3.63) is 24.3 Å². The third-order valence-corrected chi connectivity index (χ3v) is 2.29. The lowest BCUT2D eigenvalue weighted by molar-refractivity contribution is 0.274. The maximum atomic E-state index is 8.70. The van der Waals surface area contributed by atoms with Gasteiger partial charge in [-0.1, -0.05) is 31.2 Å². The fourth-order valence-electron chi connectivity index (χ4n) is 0.933. The van der Waals surface area contributed by atoms with Crippen LogP contribution in [0.15, 0.2) is 24.3 Å². The van der Waals surface area contributed by atoms with Gasteiger partial charge in [0.2, 0.25) is 0 Å². The Bertz CT molecular complexity index is 194. The molecule has 1 atom stereocenters. The minimum absolute atomic E-state index is 0.0462. The third-order valence-electron chi connectivity index (χ3n) is 2.29. The quantitative estimate of drug-likeness (QED) is 0.639. The summed E-state index contributed by atoms with van der Waals surface area (Å²) in [5, 5.41) is 11.9. The fourth-order valence-corrected chi connectivity index (χ4v) is 0.933. The van der Waals surface area contributed by atoms with Gasteiger partial charge in [0, 0.05) is 12.1 Å². The van der Waals surface area contributed by atoms with E-state index < -0.39 is 0 Å². The molecule has 0 amide bonds. The summed E-state index contributed by atoms with van der Waals surface area (Å²) in [5.41, 5.74) is 0.0462. The molecule has 1 unspecified atom stereocenters. The Labute approximate surface area is 87.7 Å². The molecule has 0 saturated heterocycles. The minimum Gasteiger partial charge on any atom is -0.396 e. The number of nitrogens with one attached hydrogen (secondary N) is 1. The lowest BCUT2D eigenvalue weighted by Gasteiger charge is -2.18. The maximum absolute atomic E-state index is 8.70. The van der Waals surface area contributed by atoms with Crippen molar-refractivity contribution in [2.24, 2.45) is 5.92 Å². The summed E-state index contributed by atoms with van der Waals surface area (Å²) in [5.74, 6) is 0.447. The summed E-state index contributed by atoms with van der Waals surface area (Å²) in [6.45, 7) is 6.60. The van der Waals surface area contributed by atoms with Gasteiger partial charge in [-0.3, -0.25) is 0 Å². The lowest BCUT2D eigenvalue weighted by atomic mass is 10.0. The molecule has 2 N–H and O–H groups in total. The van der Waals surface area contributed by atoms with E-state index in [1.54, 1.807) is 0 Å². The highest BCUT2D eigenvalue weighted by Gasteiger charge is 2.07. The average Bonchev–Trinajstić information content (AvgIpc) is 2.13. The number of rotatable bonds is 6. The van der Waals surface area contributed by atoms with Gasteiger partial charge in [0.1, 0.15) is 0 Å². The van der Waals surface area contributed by atoms with Gasteiger partial charge in [0.15, 0.2) is 0 Å². The van der Waals surface area contributed by atoms with Crippen molar-refractivity contribution in [1.82, 2.24) is 5.32 Å². The lowest BCUT2D eigenvalue weighted by Crippen LogP contribution is -2.33. The van der Waals surface area contributed by atoms with E-state index in [0.717, 1.165) is 6.42 Å². The molecule has 0 fully saturated rings. The van der Waals surface area contributed by atoms with E-state index in [9.17, 15) is 0 Å². The molecular weight excluding hydrogens is 174 g/mol. The van der Waals surface area contributed by atoms with Crippen LogP contribution in [0.3, 0.4) is 0 Å². The Kier molecular flexibility index (Phi) is 6.50. The van der Waals surface area contributed by atoms with E-state index in [4.69, 9.17) is 5.11 Å². The first kappa shape index (κ1) is 13.4. The molecule has 0 aliphatic heterocycles. The summed E-state index contributed by atoms with van der Waals surface area (Å²) in [6.07, 6.45) is 9.15. The van der Waals surface area contributed by atoms with Crippen LogP contribution in [0.4, 0.5) is 0 Å². The third kappa shape index (κ3) is 6.87. The Morgan fingerprint density at radius 3 is 2.50 bits per heavy atom. The number of hydrogen-bond donors (Lipinski definition) is 2. The molecule has 2 heteroatoms. The first-order chi connectivity index (χ1) is 6.52. The maximum Gasteiger partial charge on any atom is 0.0436 e. The molecule has 2 nitrogen and oxygen atoms in total. The first-order valence-electron chi connectivity index (χ1n) is 5.17. The molecule has 0 aliphatic rings. The Hall–Kier alpha value is -0.600. The summed E-state index contributed by atoms with van der Waals surface area (Å²) in [7, 11) is 1.95. The molecule has 0 aromatic rings. The number of aliphatic hydroxyl groups is 1. The molecule has 14 heavy (non-hydrogen) atoms. The van der Waals surface area contributed by atoms with Crippen molar-refractivity contribution >= 4 is 0 Å². The van der Waals surface area contributed by atoms with E-state index in [0.29, 0.717) is 5.92 Å². The Morgan fingerprint density at radius 1 is 1.36 bits per heavy atom. The highest BCUT2D eigenvalue weighted by Crippen LogP contribution is 2.05. The smallest absolute Gasteiger partial charge is 0.0436 e. The van der Waals surface area contributed by atoms with Gasteiger partial charge in [-0.25, -0.2) is 0 Å². The van der Waals surface area contributed by atoms with Gasteiger partial charge in [-0.2, -0.15) is 0 Å². The van der Waals surface area contributed by atoms with E-state index in [1.165, 1.54) is 0 Å². The second kappa shape index (κ2) is 6.80. The molecule has 0 aliphatic carbocycles. The summed E-state index contributed by atoms with van der Waals surface area (Å²) in [6, 6.07) is 0. The van der Waals surface area contributed by atoms with Gasteiger partial charge < -0.3 is 10.4 Å². The molecule has 0 spiro atoms. The zero-order chi connectivity index (χ0) is 11.0. The van der Waals surface area contributed by atoms with Crippen LogP contribution in [0.2, 0.25) is 0 Å². The molecule has 0 bridgehead atoms. The Balaban J connectivity index is 3.92. The van der Waals surface area contributed by atoms with Crippen molar-refractivity contribution in [2.45, 2.75) is 32.7 Å².